The van der Waals surface area contributed by atoms with E-state index >= 15 is 0 Å². The maximum atomic E-state index is 12.9. The Morgan fingerprint density at radius 2 is 1.86 bits per heavy atom. The molecule has 7 heteroatoms. The lowest BCUT2D eigenvalue weighted by Crippen LogP contribution is -2.52. The minimum Gasteiger partial charge on any atom is -0.348 e. The van der Waals surface area contributed by atoms with Gasteiger partial charge >= 0.3 is 6.03 Å². The highest BCUT2D eigenvalue weighted by Crippen LogP contribution is 2.37. The molecule has 1 N–H and O–H groups in total. The van der Waals surface area contributed by atoms with Crippen molar-refractivity contribution in [2.45, 2.75) is 51.6 Å². The normalized spacial score (nSPS) is 17.6. The molecule has 0 bridgehead atoms. The van der Waals surface area contributed by atoms with Crippen LogP contribution >= 0.6 is 11.6 Å². The molecule has 1 saturated carbocycles. The van der Waals surface area contributed by atoms with E-state index in [2.05, 4.69) is 9.88 Å². The summed E-state index contributed by atoms with van der Waals surface area (Å²) in [5, 5.41) is 3.48. The number of nitrogens with one attached hydrogen (secondary N) is 1. The highest BCUT2D eigenvalue weighted by molar-refractivity contribution is 6.30. The van der Waals surface area contributed by atoms with Crippen LogP contribution < -0.4 is 5.32 Å². The number of aromatic nitrogens is 1. The Morgan fingerprint density at radius 3 is 2.45 bits per heavy atom. The van der Waals surface area contributed by atoms with Crippen LogP contribution in [-0.2, 0) is 17.8 Å². The fourth-order valence-electron chi connectivity index (χ4n) is 4.24. The molecule has 1 aromatic carbocycles. The van der Waals surface area contributed by atoms with E-state index in [0.717, 1.165) is 35.7 Å². The van der Waals surface area contributed by atoms with E-state index in [0.29, 0.717) is 23.4 Å². The van der Waals surface area contributed by atoms with Crippen molar-refractivity contribution in [3.8, 4) is 0 Å². The number of urea groups is 1. The molecule has 1 aliphatic heterocycles. The zero-order chi connectivity index (χ0) is 20.8. The Hall–Kier alpha value is -2.60. The predicted molar refractivity (Wildman–Crippen MR) is 110 cm³/mol. The second kappa shape index (κ2) is 7.34. The number of nitrogens with zero attached hydrogens (tertiary/aromatic N) is 2. The summed E-state index contributed by atoms with van der Waals surface area (Å²) < 4.78 is 2.10. The summed E-state index contributed by atoms with van der Waals surface area (Å²) in [4.78, 5) is 38.8. The average molecular weight is 414 g/mol. The molecule has 3 amide bonds. The summed E-state index contributed by atoms with van der Waals surface area (Å²) in [5.41, 5.74) is 2.81. The van der Waals surface area contributed by atoms with Crippen LogP contribution in [0.1, 0.15) is 46.6 Å². The molecule has 0 atom stereocenters. The third-order valence-corrected chi connectivity index (χ3v) is 6.42. The first kappa shape index (κ1) is 19.7. The van der Waals surface area contributed by atoms with Gasteiger partial charge in [0.25, 0.3) is 5.91 Å². The van der Waals surface area contributed by atoms with Crippen molar-refractivity contribution in [1.29, 1.82) is 0 Å². The van der Waals surface area contributed by atoms with Gasteiger partial charge in [-0.05, 0) is 63.3 Å². The monoisotopic (exact) mass is 413 g/mol. The molecule has 0 radical (unpaired) electrons. The van der Waals surface area contributed by atoms with E-state index in [1.54, 1.807) is 0 Å². The maximum Gasteiger partial charge on any atom is 0.325 e. The SMILES string of the molecule is Cc1cc(C(=O)CN2C(=O)NC3(CCC3)C2=O)c(C)n1CCc1ccc(Cl)cc1. The molecule has 1 aromatic heterocycles. The standard InChI is InChI=1S/C22H24ClN3O3/c1-14-12-18(15(2)25(14)11-8-16-4-6-17(23)7-5-16)19(27)13-26-20(28)22(9-3-10-22)24-21(26)29/h4-7,12H,3,8-11,13H2,1-2H3,(H,24,29). The van der Waals surface area contributed by atoms with E-state index < -0.39 is 11.6 Å². The van der Waals surface area contributed by atoms with Gasteiger partial charge in [-0.25, -0.2) is 4.79 Å². The quantitative estimate of drug-likeness (QED) is 0.580. The van der Waals surface area contributed by atoms with E-state index in [1.165, 1.54) is 5.56 Å². The van der Waals surface area contributed by atoms with Gasteiger partial charge in [-0.3, -0.25) is 14.5 Å². The third-order valence-electron chi connectivity index (χ3n) is 6.17. The molecular weight excluding hydrogens is 390 g/mol. The number of carbonyl (C=O) groups excluding carboxylic acids is 3. The molecule has 1 aliphatic carbocycles. The van der Waals surface area contributed by atoms with E-state index in [-0.39, 0.29) is 18.2 Å². The van der Waals surface area contributed by atoms with Crippen LogP contribution in [0.15, 0.2) is 30.3 Å². The van der Waals surface area contributed by atoms with Crippen molar-refractivity contribution in [3.63, 3.8) is 0 Å². The summed E-state index contributed by atoms with van der Waals surface area (Å²) in [6.07, 6.45) is 3.04. The summed E-state index contributed by atoms with van der Waals surface area (Å²) >= 11 is 5.94. The molecule has 0 unspecified atom stereocenters. The van der Waals surface area contributed by atoms with Gasteiger partial charge in [0.2, 0.25) is 0 Å². The van der Waals surface area contributed by atoms with E-state index in [4.69, 9.17) is 11.6 Å². The lowest BCUT2D eigenvalue weighted by Gasteiger charge is -2.34. The van der Waals surface area contributed by atoms with Crippen molar-refractivity contribution >= 4 is 29.3 Å². The molecule has 2 heterocycles. The second-order valence-electron chi connectivity index (χ2n) is 7.99. The number of rotatable bonds is 6. The van der Waals surface area contributed by atoms with E-state index in [9.17, 15) is 14.4 Å². The number of hydrogen-bond donors (Lipinski definition) is 1. The number of carbonyl (C=O) groups is 3. The molecule has 2 aromatic rings. The fraction of sp³-hybridized carbons (Fsp3) is 0.409. The zero-order valence-corrected chi connectivity index (χ0v) is 17.4. The molecule has 1 saturated heterocycles. The Bertz CT molecular complexity index is 989. The molecule has 2 aliphatic rings. The molecule has 6 nitrogen and oxygen atoms in total. The summed E-state index contributed by atoms with van der Waals surface area (Å²) in [6.45, 7) is 4.39. The van der Waals surface area contributed by atoms with Crippen molar-refractivity contribution in [2.24, 2.45) is 0 Å². The first-order valence-electron chi connectivity index (χ1n) is 9.89. The van der Waals surface area contributed by atoms with Crippen LogP contribution in [0.2, 0.25) is 5.02 Å². The Labute approximate surface area is 174 Å². The van der Waals surface area contributed by atoms with Crippen LogP contribution in [0.5, 0.6) is 0 Å². The fourth-order valence-corrected chi connectivity index (χ4v) is 4.36. The number of halogens is 1. The van der Waals surface area contributed by atoms with Crippen LogP contribution in [0.3, 0.4) is 0 Å². The highest BCUT2D eigenvalue weighted by Gasteiger charge is 2.55. The van der Waals surface area contributed by atoms with Crippen LogP contribution in [0.25, 0.3) is 0 Å². The number of benzene rings is 1. The average Bonchev–Trinajstić information content (AvgIpc) is 3.09. The van der Waals surface area contributed by atoms with Gasteiger partial charge in [0, 0.05) is 28.5 Å². The number of amides is 3. The Kier molecular flexibility index (Phi) is 4.99. The van der Waals surface area contributed by atoms with Crippen molar-refractivity contribution < 1.29 is 14.4 Å². The topological polar surface area (TPSA) is 71.4 Å². The Morgan fingerprint density at radius 1 is 1.17 bits per heavy atom. The van der Waals surface area contributed by atoms with Crippen molar-refractivity contribution in [1.82, 2.24) is 14.8 Å². The molecule has 4 rings (SSSR count). The second-order valence-corrected chi connectivity index (χ2v) is 8.43. The van der Waals surface area contributed by atoms with Crippen molar-refractivity contribution in [3.05, 3.63) is 57.9 Å². The number of aryl methyl sites for hydroxylation is 2. The van der Waals surface area contributed by atoms with Crippen LogP contribution in [-0.4, -0.2) is 39.3 Å². The van der Waals surface area contributed by atoms with Gasteiger partial charge in [-0.1, -0.05) is 23.7 Å². The van der Waals surface area contributed by atoms with Gasteiger partial charge < -0.3 is 9.88 Å². The number of hydrogen-bond acceptors (Lipinski definition) is 3. The zero-order valence-electron chi connectivity index (χ0n) is 16.6. The summed E-state index contributed by atoms with van der Waals surface area (Å²) in [5.74, 6) is -0.477. The lowest BCUT2D eigenvalue weighted by molar-refractivity contribution is -0.133. The minimum atomic E-state index is -0.757. The van der Waals surface area contributed by atoms with Gasteiger partial charge in [-0.2, -0.15) is 0 Å². The van der Waals surface area contributed by atoms with Gasteiger partial charge in [-0.15, -0.1) is 0 Å². The third kappa shape index (κ3) is 3.46. The lowest BCUT2D eigenvalue weighted by atomic mass is 9.77. The minimum absolute atomic E-state index is 0.212. The summed E-state index contributed by atoms with van der Waals surface area (Å²) in [6, 6.07) is 9.12. The molecule has 29 heavy (non-hydrogen) atoms. The Balaban J connectivity index is 1.47. The highest BCUT2D eigenvalue weighted by atomic mass is 35.5. The largest absolute Gasteiger partial charge is 0.348 e. The van der Waals surface area contributed by atoms with Crippen molar-refractivity contribution in [2.75, 3.05) is 6.54 Å². The number of imide groups is 1. The predicted octanol–water partition coefficient (Wildman–Crippen LogP) is 3.66. The summed E-state index contributed by atoms with van der Waals surface area (Å²) in [7, 11) is 0. The smallest absolute Gasteiger partial charge is 0.325 e. The molecular formula is C22H24ClN3O3. The number of ketones is 1. The van der Waals surface area contributed by atoms with Crippen LogP contribution in [0, 0.1) is 13.8 Å². The maximum absolute atomic E-state index is 12.9. The first-order valence-corrected chi connectivity index (χ1v) is 10.3. The van der Waals surface area contributed by atoms with E-state index in [1.807, 2.05) is 44.2 Å². The van der Waals surface area contributed by atoms with Crippen LogP contribution in [0.4, 0.5) is 4.79 Å². The molecule has 2 fully saturated rings. The van der Waals surface area contributed by atoms with Gasteiger partial charge in [0.05, 0.1) is 6.54 Å². The number of Topliss-reactive ketones (excluding diaryl/α,β-unsaturated/α-hetero) is 1. The molecule has 1 spiro atoms. The van der Waals surface area contributed by atoms with Gasteiger partial charge in [0.15, 0.2) is 5.78 Å². The van der Waals surface area contributed by atoms with Gasteiger partial charge in [0.1, 0.15) is 5.54 Å². The molecule has 152 valence electrons. The first-order chi connectivity index (χ1) is 13.8.